The maximum Gasteiger partial charge on any atom is 0.117 e. The Morgan fingerprint density at radius 3 is 2.59 bits per heavy atom. The van der Waals surface area contributed by atoms with Crippen LogP contribution in [0.1, 0.15) is 44.3 Å². The van der Waals surface area contributed by atoms with E-state index in [2.05, 4.69) is 11.0 Å². The highest BCUT2D eigenvalue weighted by molar-refractivity contribution is 4.98. The van der Waals surface area contributed by atoms with Crippen molar-refractivity contribution in [3.63, 3.8) is 0 Å². The number of furan rings is 1. The molecule has 0 aromatic carbocycles. The molecule has 1 heterocycles. The van der Waals surface area contributed by atoms with Gasteiger partial charge >= 0.3 is 0 Å². The Balaban J connectivity index is 1.94. The Morgan fingerprint density at radius 2 is 2.00 bits per heavy atom. The fraction of sp³-hybridized carbons (Fsp3) is 0.714. The molecule has 17 heavy (non-hydrogen) atoms. The summed E-state index contributed by atoms with van der Waals surface area (Å²) in [6, 6.07) is 4.72. The third-order valence-corrected chi connectivity index (χ3v) is 3.70. The molecule has 1 aliphatic rings. The van der Waals surface area contributed by atoms with Crippen molar-refractivity contribution in [3.8, 4) is 0 Å². The molecule has 0 radical (unpaired) electrons. The summed E-state index contributed by atoms with van der Waals surface area (Å²) in [5.41, 5.74) is 5.73. The maximum atomic E-state index is 5.73. The van der Waals surface area contributed by atoms with Gasteiger partial charge < -0.3 is 10.2 Å². The van der Waals surface area contributed by atoms with E-state index in [1.54, 1.807) is 6.26 Å². The second-order valence-electron chi connectivity index (χ2n) is 4.98. The molecule has 3 heteroatoms. The minimum Gasteiger partial charge on any atom is -0.468 e. The van der Waals surface area contributed by atoms with E-state index in [0.29, 0.717) is 6.04 Å². The molecular formula is C14H24N2O. The quantitative estimate of drug-likeness (QED) is 0.799. The van der Waals surface area contributed by atoms with Gasteiger partial charge in [0.05, 0.1) is 12.8 Å². The van der Waals surface area contributed by atoms with Crippen molar-refractivity contribution in [2.24, 2.45) is 5.73 Å². The van der Waals surface area contributed by atoms with Crippen LogP contribution in [0.25, 0.3) is 0 Å². The number of hydrogen-bond donors (Lipinski definition) is 1. The molecule has 1 aromatic heterocycles. The summed E-state index contributed by atoms with van der Waals surface area (Å²) in [6.07, 6.45) is 9.92. The summed E-state index contributed by atoms with van der Waals surface area (Å²) in [5.74, 6) is 1.06. The van der Waals surface area contributed by atoms with Crippen LogP contribution in [0, 0.1) is 0 Å². The molecule has 0 amide bonds. The van der Waals surface area contributed by atoms with E-state index in [1.165, 1.54) is 38.5 Å². The average Bonchev–Trinajstić information content (AvgIpc) is 2.69. The average molecular weight is 236 g/mol. The van der Waals surface area contributed by atoms with E-state index in [-0.39, 0.29) is 0 Å². The third kappa shape index (κ3) is 3.86. The largest absolute Gasteiger partial charge is 0.468 e. The highest BCUT2D eigenvalue weighted by Crippen LogP contribution is 2.23. The second-order valence-corrected chi connectivity index (χ2v) is 4.98. The van der Waals surface area contributed by atoms with E-state index in [0.717, 1.165) is 25.4 Å². The van der Waals surface area contributed by atoms with Gasteiger partial charge in [0.25, 0.3) is 0 Å². The van der Waals surface area contributed by atoms with Crippen LogP contribution in [0.4, 0.5) is 0 Å². The van der Waals surface area contributed by atoms with E-state index < -0.39 is 0 Å². The van der Waals surface area contributed by atoms with Gasteiger partial charge in [-0.05, 0) is 25.0 Å². The molecule has 1 aromatic rings. The van der Waals surface area contributed by atoms with Gasteiger partial charge in [-0.15, -0.1) is 0 Å². The Bertz CT molecular complexity index is 289. The molecule has 0 spiro atoms. The lowest BCUT2D eigenvalue weighted by atomic mass is 10.1. The lowest BCUT2D eigenvalue weighted by Gasteiger charge is -2.29. The Morgan fingerprint density at radius 1 is 1.24 bits per heavy atom. The van der Waals surface area contributed by atoms with Gasteiger partial charge in [0.15, 0.2) is 0 Å². The predicted octanol–water partition coefficient (Wildman–Crippen LogP) is 2.76. The molecular weight excluding hydrogens is 212 g/mol. The van der Waals surface area contributed by atoms with Crippen LogP contribution >= 0.6 is 0 Å². The number of nitrogens with two attached hydrogens (primary N) is 1. The molecule has 0 aliphatic heterocycles. The molecule has 2 N–H and O–H groups in total. The first-order valence-electron chi connectivity index (χ1n) is 6.86. The fourth-order valence-electron chi connectivity index (χ4n) is 2.78. The molecule has 1 aliphatic carbocycles. The van der Waals surface area contributed by atoms with Gasteiger partial charge in [-0.2, -0.15) is 0 Å². The highest BCUT2D eigenvalue weighted by atomic mass is 16.3. The van der Waals surface area contributed by atoms with Crippen LogP contribution in [0.2, 0.25) is 0 Å². The molecule has 0 atom stereocenters. The molecule has 1 fully saturated rings. The molecule has 96 valence electrons. The molecule has 0 unspecified atom stereocenters. The van der Waals surface area contributed by atoms with Crippen LogP contribution < -0.4 is 5.73 Å². The Hall–Kier alpha value is -0.800. The summed E-state index contributed by atoms with van der Waals surface area (Å²) in [7, 11) is 0. The fourth-order valence-corrected chi connectivity index (χ4v) is 2.78. The van der Waals surface area contributed by atoms with Crippen LogP contribution in [0.5, 0.6) is 0 Å². The maximum absolute atomic E-state index is 5.73. The zero-order valence-corrected chi connectivity index (χ0v) is 10.6. The summed E-state index contributed by atoms with van der Waals surface area (Å²) in [5, 5.41) is 0. The standard InChI is InChI=1S/C14H24N2O/c15-9-10-16(12-14-8-5-11-17-14)13-6-3-1-2-4-7-13/h5,8,11,13H,1-4,6-7,9-10,12,15H2. The van der Waals surface area contributed by atoms with Crippen molar-refractivity contribution in [1.29, 1.82) is 0 Å². The third-order valence-electron chi connectivity index (χ3n) is 3.70. The molecule has 0 saturated heterocycles. The van der Waals surface area contributed by atoms with Crippen molar-refractivity contribution in [2.75, 3.05) is 13.1 Å². The number of rotatable bonds is 5. The second kappa shape index (κ2) is 6.82. The molecule has 3 nitrogen and oxygen atoms in total. The zero-order valence-electron chi connectivity index (χ0n) is 10.6. The van der Waals surface area contributed by atoms with Crippen LogP contribution in [-0.4, -0.2) is 24.0 Å². The summed E-state index contributed by atoms with van der Waals surface area (Å²) in [4.78, 5) is 2.50. The van der Waals surface area contributed by atoms with Crippen LogP contribution in [0.15, 0.2) is 22.8 Å². The van der Waals surface area contributed by atoms with Crippen LogP contribution in [0.3, 0.4) is 0 Å². The molecule has 1 saturated carbocycles. The van der Waals surface area contributed by atoms with Gasteiger partial charge in [0, 0.05) is 19.1 Å². The van der Waals surface area contributed by atoms with E-state index in [1.807, 2.05) is 6.07 Å². The van der Waals surface area contributed by atoms with E-state index in [4.69, 9.17) is 10.2 Å². The lowest BCUT2D eigenvalue weighted by molar-refractivity contribution is 0.163. The first-order chi connectivity index (χ1) is 8.40. The van der Waals surface area contributed by atoms with Gasteiger partial charge in [-0.3, -0.25) is 4.90 Å². The summed E-state index contributed by atoms with van der Waals surface area (Å²) < 4.78 is 5.45. The minimum absolute atomic E-state index is 0.700. The molecule has 0 bridgehead atoms. The Kier molecular flexibility index (Phi) is 5.08. The van der Waals surface area contributed by atoms with Crippen LogP contribution in [-0.2, 0) is 6.54 Å². The van der Waals surface area contributed by atoms with Gasteiger partial charge in [-0.25, -0.2) is 0 Å². The van der Waals surface area contributed by atoms with E-state index >= 15 is 0 Å². The lowest BCUT2D eigenvalue weighted by Crippen LogP contribution is -2.38. The normalized spacial score (nSPS) is 18.5. The van der Waals surface area contributed by atoms with Gasteiger partial charge in [-0.1, -0.05) is 25.7 Å². The first kappa shape index (κ1) is 12.7. The first-order valence-corrected chi connectivity index (χ1v) is 6.86. The number of hydrogen-bond acceptors (Lipinski definition) is 3. The van der Waals surface area contributed by atoms with Crippen molar-refractivity contribution in [3.05, 3.63) is 24.2 Å². The summed E-state index contributed by atoms with van der Waals surface area (Å²) >= 11 is 0. The monoisotopic (exact) mass is 236 g/mol. The minimum atomic E-state index is 0.700. The zero-order chi connectivity index (χ0) is 11.9. The smallest absolute Gasteiger partial charge is 0.117 e. The molecule has 2 rings (SSSR count). The van der Waals surface area contributed by atoms with Gasteiger partial charge in [0.2, 0.25) is 0 Å². The topological polar surface area (TPSA) is 42.4 Å². The Labute approximate surface area is 104 Å². The van der Waals surface area contributed by atoms with Crippen molar-refractivity contribution in [1.82, 2.24) is 4.90 Å². The summed E-state index contributed by atoms with van der Waals surface area (Å²) in [6.45, 7) is 2.62. The van der Waals surface area contributed by atoms with Crippen molar-refractivity contribution >= 4 is 0 Å². The highest BCUT2D eigenvalue weighted by Gasteiger charge is 2.20. The van der Waals surface area contributed by atoms with Crippen molar-refractivity contribution in [2.45, 2.75) is 51.1 Å². The van der Waals surface area contributed by atoms with Gasteiger partial charge in [0.1, 0.15) is 5.76 Å². The predicted molar refractivity (Wildman–Crippen MR) is 69.7 cm³/mol. The SMILES string of the molecule is NCCN(Cc1ccco1)C1CCCCCC1. The number of nitrogens with zero attached hydrogens (tertiary/aromatic N) is 1. The van der Waals surface area contributed by atoms with E-state index in [9.17, 15) is 0 Å². The van der Waals surface area contributed by atoms with Crippen molar-refractivity contribution < 1.29 is 4.42 Å².